The van der Waals surface area contributed by atoms with Crippen LogP contribution in [0.15, 0.2) is 42.5 Å². The molecule has 1 aliphatic heterocycles. The van der Waals surface area contributed by atoms with Crippen molar-refractivity contribution in [3.8, 4) is 11.5 Å². The molecule has 126 valence electrons. The topological polar surface area (TPSA) is 67.8 Å². The SMILES string of the molecule is COc1ccccc1C1(O)C(=O)Nc2ccc(OC(F)(F)F)cc21. The van der Waals surface area contributed by atoms with Crippen LogP contribution in [-0.2, 0) is 10.4 Å². The Balaban J connectivity index is 2.15. The molecule has 0 bridgehead atoms. The van der Waals surface area contributed by atoms with Crippen LogP contribution in [0, 0.1) is 0 Å². The molecule has 0 spiro atoms. The summed E-state index contributed by atoms with van der Waals surface area (Å²) in [6.07, 6.45) is -4.88. The predicted octanol–water partition coefficient (Wildman–Crippen LogP) is 2.78. The number of carbonyl (C=O) groups is 1. The van der Waals surface area contributed by atoms with Crippen molar-refractivity contribution in [2.45, 2.75) is 12.0 Å². The van der Waals surface area contributed by atoms with Crippen molar-refractivity contribution in [2.75, 3.05) is 12.4 Å². The maximum Gasteiger partial charge on any atom is 0.573 e. The quantitative estimate of drug-likeness (QED) is 0.902. The fourth-order valence-electron chi connectivity index (χ4n) is 2.67. The predicted molar refractivity (Wildman–Crippen MR) is 77.7 cm³/mol. The van der Waals surface area contributed by atoms with Crippen LogP contribution in [0.4, 0.5) is 18.9 Å². The minimum atomic E-state index is -4.88. The highest BCUT2D eigenvalue weighted by molar-refractivity contribution is 6.07. The lowest BCUT2D eigenvalue weighted by atomic mass is 9.87. The molecule has 24 heavy (non-hydrogen) atoms. The molecule has 1 aliphatic rings. The minimum Gasteiger partial charge on any atom is -0.496 e. The highest BCUT2D eigenvalue weighted by Gasteiger charge is 2.49. The molecule has 2 aromatic carbocycles. The Labute approximate surface area is 134 Å². The van der Waals surface area contributed by atoms with Crippen LogP contribution in [0.3, 0.4) is 0 Å². The van der Waals surface area contributed by atoms with Crippen molar-refractivity contribution >= 4 is 11.6 Å². The van der Waals surface area contributed by atoms with Gasteiger partial charge in [0.1, 0.15) is 11.5 Å². The van der Waals surface area contributed by atoms with Crippen LogP contribution in [0.25, 0.3) is 0 Å². The zero-order chi connectivity index (χ0) is 17.5. The molecule has 1 amide bonds. The van der Waals surface area contributed by atoms with E-state index in [2.05, 4.69) is 10.1 Å². The summed E-state index contributed by atoms with van der Waals surface area (Å²) in [5.41, 5.74) is -1.91. The first kappa shape index (κ1) is 16.1. The highest BCUT2D eigenvalue weighted by Crippen LogP contribution is 2.45. The van der Waals surface area contributed by atoms with Crippen LogP contribution in [0.2, 0.25) is 0 Å². The van der Waals surface area contributed by atoms with Gasteiger partial charge in [-0.1, -0.05) is 18.2 Å². The van der Waals surface area contributed by atoms with Gasteiger partial charge in [-0.3, -0.25) is 4.79 Å². The molecule has 0 aliphatic carbocycles. The number of hydrogen-bond donors (Lipinski definition) is 2. The second-order valence-corrected chi connectivity index (χ2v) is 5.12. The van der Waals surface area contributed by atoms with Crippen molar-refractivity contribution in [2.24, 2.45) is 0 Å². The molecule has 2 N–H and O–H groups in total. The number of benzene rings is 2. The van der Waals surface area contributed by atoms with E-state index in [1.54, 1.807) is 12.1 Å². The standard InChI is InChI=1S/C16H12F3NO4/c1-23-13-5-3-2-4-10(13)15(22)11-8-9(24-16(17,18)19)6-7-12(11)20-14(15)21/h2-8,22H,1H3,(H,20,21). The van der Waals surface area contributed by atoms with Gasteiger partial charge in [0.2, 0.25) is 0 Å². The van der Waals surface area contributed by atoms with E-state index in [0.29, 0.717) is 0 Å². The molecule has 0 saturated carbocycles. The third-order valence-corrected chi connectivity index (χ3v) is 3.69. The van der Waals surface area contributed by atoms with E-state index in [4.69, 9.17) is 4.74 Å². The number of fused-ring (bicyclic) bond motifs is 1. The van der Waals surface area contributed by atoms with Crippen LogP contribution < -0.4 is 14.8 Å². The molecule has 1 atom stereocenters. The molecule has 0 fully saturated rings. The van der Waals surface area contributed by atoms with Gasteiger partial charge < -0.3 is 19.9 Å². The average molecular weight is 339 g/mol. The van der Waals surface area contributed by atoms with E-state index in [0.717, 1.165) is 12.1 Å². The summed E-state index contributed by atoms with van der Waals surface area (Å²) in [6.45, 7) is 0. The molecule has 0 aromatic heterocycles. The van der Waals surface area contributed by atoms with Gasteiger partial charge in [-0.25, -0.2) is 0 Å². The minimum absolute atomic E-state index is 0.0428. The molecule has 0 radical (unpaired) electrons. The summed E-state index contributed by atoms with van der Waals surface area (Å²) in [4.78, 5) is 12.3. The number of ether oxygens (including phenoxy) is 2. The van der Waals surface area contributed by atoms with E-state index < -0.39 is 23.6 Å². The number of rotatable bonds is 3. The number of amides is 1. The first-order valence-corrected chi connectivity index (χ1v) is 6.83. The van der Waals surface area contributed by atoms with Gasteiger partial charge >= 0.3 is 6.36 Å². The van der Waals surface area contributed by atoms with Crippen LogP contribution >= 0.6 is 0 Å². The van der Waals surface area contributed by atoms with Gasteiger partial charge in [-0.2, -0.15) is 0 Å². The zero-order valence-electron chi connectivity index (χ0n) is 12.3. The Hall–Kier alpha value is -2.74. The van der Waals surface area contributed by atoms with Gasteiger partial charge in [0.25, 0.3) is 5.91 Å². The van der Waals surface area contributed by atoms with Gasteiger partial charge in [-0.05, 0) is 24.3 Å². The molecule has 3 rings (SSSR count). The zero-order valence-corrected chi connectivity index (χ0v) is 12.3. The van der Waals surface area contributed by atoms with E-state index in [1.165, 1.54) is 25.3 Å². The van der Waals surface area contributed by atoms with E-state index in [9.17, 15) is 23.1 Å². The lowest BCUT2D eigenvalue weighted by molar-refractivity contribution is -0.274. The first-order valence-electron chi connectivity index (χ1n) is 6.83. The van der Waals surface area contributed by atoms with E-state index >= 15 is 0 Å². The molecule has 8 heteroatoms. The number of anilines is 1. The first-order chi connectivity index (χ1) is 11.3. The van der Waals surface area contributed by atoms with Crippen LogP contribution in [0.5, 0.6) is 11.5 Å². The Morgan fingerprint density at radius 3 is 2.50 bits per heavy atom. The number of nitrogens with one attached hydrogen (secondary N) is 1. The maximum absolute atomic E-state index is 12.4. The molecule has 0 saturated heterocycles. The number of halogens is 3. The second-order valence-electron chi connectivity index (χ2n) is 5.12. The third-order valence-electron chi connectivity index (χ3n) is 3.69. The number of methoxy groups -OCH3 is 1. The lowest BCUT2D eigenvalue weighted by Crippen LogP contribution is -2.35. The summed E-state index contributed by atoms with van der Waals surface area (Å²) in [5.74, 6) is -1.10. The smallest absolute Gasteiger partial charge is 0.496 e. The monoisotopic (exact) mass is 339 g/mol. The summed E-state index contributed by atoms with van der Waals surface area (Å²) < 4.78 is 46.3. The number of alkyl halides is 3. The normalized spacial score (nSPS) is 19.6. The number of aliphatic hydroxyl groups is 1. The molecule has 5 nitrogen and oxygen atoms in total. The molecular weight excluding hydrogens is 327 g/mol. The largest absolute Gasteiger partial charge is 0.573 e. The van der Waals surface area contributed by atoms with Crippen molar-refractivity contribution in [3.05, 3.63) is 53.6 Å². The lowest BCUT2D eigenvalue weighted by Gasteiger charge is -2.24. The number of carbonyl (C=O) groups excluding carboxylic acids is 1. The number of hydrogen-bond acceptors (Lipinski definition) is 4. The third kappa shape index (κ3) is 2.54. The van der Waals surface area contributed by atoms with Crippen LogP contribution in [-0.4, -0.2) is 24.5 Å². The fraction of sp³-hybridized carbons (Fsp3) is 0.188. The Bertz CT molecular complexity index is 806. The summed E-state index contributed by atoms with van der Waals surface area (Å²) in [6, 6.07) is 9.49. The van der Waals surface area contributed by atoms with Crippen molar-refractivity contribution < 1.29 is 32.5 Å². The second kappa shape index (κ2) is 5.41. The summed E-state index contributed by atoms with van der Waals surface area (Å²) >= 11 is 0. The van der Waals surface area contributed by atoms with Gasteiger partial charge in [0, 0.05) is 16.8 Å². The Kier molecular flexibility index (Phi) is 3.64. The van der Waals surface area contributed by atoms with Gasteiger partial charge in [0.15, 0.2) is 5.60 Å². The molecular formula is C16H12F3NO4. The average Bonchev–Trinajstić information content (AvgIpc) is 2.78. The van der Waals surface area contributed by atoms with Crippen molar-refractivity contribution in [1.82, 2.24) is 0 Å². The molecule has 2 aromatic rings. The van der Waals surface area contributed by atoms with Gasteiger partial charge in [0.05, 0.1) is 7.11 Å². The summed E-state index contributed by atoms with van der Waals surface area (Å²) in [5, 5.41) is 13.4. The highest BCUT2D eigenvalue weighted by atomic mass is 19.4. The summed E-state index contributed by atoms with van der Waals surface area (Å²) in [7, 11) is 1.36. The molecule has 1 unspecified atom stereocenters. The van der Waals surface area contributed by atoms with Gasteiger partial charge in [-0.15, -0.1) is 13.2 Å². The molecule has 1 heterocycles. The van der Waals surface area contributed by atoms with Crippen molar-refractivity contribution in [3.63, 3.8) is 0 Å². The van der Waals surface area contributed by atoms with E-state index in [1.807, 2.05) is 0 Å². The maximum atomic E-state index is 12.4. The Morgan fingerprint density at radius 2 is 1.83 bits per heavy atom. The Morgan fingerprint density at radius 1 is 1.12 bits per heavy atom. The van der Waals surface area contributed by atoms with E-state index in [-0.39, 0.29) is 22.6 Å². The van der Waals surface area contributed by atoms with Crippen LogP contribution in [0.1, 0.15) is 11.1 Å². The number of para-hydroxylation sites is 1. The van der Waals surface area contributed by atoms with Crippen molar-refractivity contribution in [1.29, 1.82) is 0 Å². The fourth-order valence-corrected chi connectivity index (χ4v) is 2.67.